The van der Waals surface area contributed by atoms with E-state index in [1.54, 1.807) is 6.07 Å². The SMILES string of the molecule is Cc1nc(-c2cccc(F)c2)cn1CCO. The maximum Gasteiger partial charge on any atom is 0.123 e. The van der Waals surface area contributed by atoms with Gasteiger partial charge < -0.3 is 9.67 Å². The van der Waals surface area contributed by atoms with E-state index >= 15 is 0 Å². The molecule has 1 heterocycles. The summed E-state index contributed by atoms with van der Waals surface area (Å²) in [6.45, 7) is 2.44. The third-order valence-electron chi connectivity index (χ3n) is 2.44. The van der Waals surface area contributed by atoms with Crippen molar-refractivity contribution < 1.29 is 9.50 Å². The van der Waals surface area contributed by atoms with Gasteiger partial charge in [0.1, 0.15) is 11.6 Å². The Morgan fingerprint density at radius 2 is 2.25 bits per heavy atom. The molecule has 84 valence electrons. The molecule has 2 aromatic rings. The molecule has 0 spiro atoms. The molecule has 0 atom stereocenters. The molecule has 16 heavy (non-hydrogen) atoms. The fourth-order valence-corrected chi connectivity index (χ4v) is 1.63. The summed E-state index contributed by atoms with van der Waals surface area (Å²) in [5.41, 5.74) is 1.48. The Labute approximate surface area is 93.2 Å². The molecule has 0 bridgehead atoms. The predicted molar refractivity (Wildman–Crippen MR) is 59.4 cm³/mol. The van der Waals surface area contributed by atoms with E-state index in [2.05, 4.69) is 4.98 Å². The lowest BCUT2D eigenvalue weighted by Gasteiger charge is -1.99. The van der Waals surface area contributed by atoms with Crippen molar-refractivity contribution in [2.45, 2.75) is 13.5 Å². The number of aromatic nitrogens is 2. The number of hydrogen-bond donors (Lipinski definition) is 1. The summed E-state index contributed by atoms with van der Waals surface area (Å²) in [6.07, 6.45) is 1.82. The van der Waals surface area contributed by atoms with Crippen LogP contribution >= 0.6 is 0 Å². The van der Waals surface area contributed by atoms with Gasteiger partial charge in [-0.3, -0.25) is 0 Å². The zero-order valence-corrected chi connectivity index (χ0v) is 9.02. The van der Waals surface area contributed by atoms with Crippen LogP contribution in [0.15, 0.2) is 30.5 Å². The molecule has 0 aliphatic rings. The monoisotopic (exact) mass is 220 g/mol. The van der Waals surface area contributed by atoms with Gasteiger partial charge in [-0.15, -0.1) is 0 Å². The van der Waals surface area contributed by atoms with Crippen molar-refractivity contribution in [2.75, 3.05) is 6.61 Å². The first-order chi connectivity index (χ1) is 7.70. The number of imidazole rings is 1. The molecule has 3 nitrogen and oxygen atoms in total. The number of nitrogens with zero attached hydrogens (tertiary/aromatic N) is 2. The minimum absolute atomic E-state index is 0.0692. The minimum Gasteiger partial charge on any atom is -0.395 e. The summed E-state index contributed by atoms with van der Waals surface area (Å²) in [5.74, 6) is 0.542. The van der Waals surface area contributed by atoms with Crippen LogP contribution < -0.4 is 0 Å². The van der Waals surface area contributed by atoms with Crippen molar-refractivity contribution in [3.05, 3.63) is 42.1 Å². The zero-order valence-electron chi connectivity index (χ0n) is 9.02. The highest BCUT2D eigenvalue weighted by atomic mass is 19.1. The third-order valence-corrected chi connectivity index (χ3v) is 2.44. The molecule has 0 saturated heterocycles. The zero-order chi connectivity index (χ0) is 11.5. The molecule has 1 N–H and O–H groups in total. The van der Waals surface area contributed by atoms with Gasteiger partial charge in [-0.05, 0) is 19.1 Å². The Morgan fingerprint density at radius 1 is 1.44 bits per heavy atom. The second-order valence-corrected chi connectivity index (χ2v) is 3.60. The molecule has 4 heteroatoms. The normalized spacial score (nSPS) is 10.7. The Hall–Kier alpha value is -1.68. The Kier molecular flexibility index (Phi) is 3.01. The number of halogens is 1. The van der Waals surface area contributed by atoms with E-state index in [9.17, 15) is 4.39 Å². The average molecular weight is 220 g/mol. The minimum atomic E-state index is -0.271. The molecule has 0 amide bonds. The molecular weight excluding hydrogens is 207 g/mol. The first kappa shape index (κ1) is 10.8. The summed E-state index contributed by atoms with van der Waals surface area (Å²) >= 11 is 0. The number of aryl methyl sites for hydroxylation is 1. The number of aliphatic hydroxyl groups excluding tert-OH is 1. The lowest BCUT2D eigenvalue weighted by atomic mass is 10.2. The Bertz CT molecular complexity index is 494. The molecule has 0 saturated carbocycles. The van der Waals surface area contributed by atoms with Gasteiger partial charge >= 0.3 is 0 Å². The highest BCUT2D eigenvalue weighted by molar-refractivity contribution is 5.58. The smallest absolute Gasteiger partial charge is 0.123 e. The van der Waals surface area contributed by atoms with Crippen LogP contribution in [0.25, 0.3) is 11.3 Å². The van der Waals surface area contributed by atoms with Crippen molar-refractivity contribution in [1.29, 1.82) is 0 Å². The maximum atomic E-state index is 13.0. The largest absolute Gasteiger partial charge is 0.395 e. The van der Waals surface area contributed by atoms with Gasteiger partial charge in [0.2, 0.25) is 0 Å². The molecule has 1 aromatic heterocycles. The number of benzene rings is 1. The fraction of sp³-hybridized carbons (Fsp3) is 0.250. The first-order valence-electron chi connectivity index (χ1n) is 5.11. The van der Waals surface area contributed by atoms with E-state index in [-0.39, 0.29) is 12.4 Å². The van der Waals surface area contributed by atoms with Gasteiger partial charge in [0, 0.05) is 18.3 Å². The second kappa shape index (κ2) is 4.45. The van der Waals surface area contributed by atoms with Gasteiger partial charge in [0.25, 0.3) is 0 Å². The lowest BCUT2D eigenvalue weighted by Crippen LogP contribution is -2.02. The first-order valence-corrected chi connectivity index (χ1v) is 5.11. The van der Waals surface area contributed by atoms with Crippen molar-refractivity contribution in [2.24, 2.45) is 0 Å². The Balaban J connectivity index is 2.37. The van der Waals surface area contributed by atoms with Crippen molar-refractivity contribution in [3.63, 3.8) is 0 Å². The summed E-state index contributed by atoms with van der Waals surface area (Å²) in [5, 5.41) is 8.86. The summed E-state index contributed by atoms with van der Waals surface area (Å²) < 4.78 is 14.9. The van der Waals surface area contributed by atoms with Gasteiger partial charge in [0.15, 0.2) is 0 Å². The van der Waals surface area contributed by atoms with Crippen molar-refractivity contribution in [3.8, 4) is 11.3 Å². The van der Waals surface area contributed by atoms with Crippen molar-refractivity contribution >= 4 is 0 Å². The highest BCUT2D eigenvalue weighted by Crippen LogP contribution is 2.19. The van der Waals surface area contributed by atoms with E-state index in [4.69, 9.17) is 5.11 Å². The van der Waals surface area contributed by atoms with Crippen LogP contribution in [-0.4, -0.2) is 21.3 Å². The number of rotatable bonds is 3. The van der Waals surface area contributed by atoms with E-state index in [1.165, 1.54) is 12.1 Å². The lowest BCUT2D eigenvalue weighted by molar-refractivity contribution is 0.275. The molecule has 0 unspecified atom stereocenters. The van der Waals surface area contributed by atoms with Crippen LogP contribution in [0.2, 0.25) is 0 Å². The van der Waals surface area contributed by atoms with Gasteiger partial charge in [0.05, 0.1) is 12.3 Å². The highest BCUT2D eigenvalue weighted by Gasteiger charge is 2.06. The summed E-state index contributed by atoms with van der Waals surface area (Å²) in [4.78, 5) is 4.33. The van der Waals surface area contributed by atoms with Crippen molar-refractivity contribution in [1.82, 2.24) is 9.55 Å². The van der Waals surface area contributed by atoms with Crippen LogP contribution in [0, 0.1) is 12.7 Å². The third kappa shape index (κ3) is 2.12. The quantitative estimate of drug-likeness (QED) is 0.859. The molecule has 0 aliphatic heterocycles. The molecule has 0 radical (unpaired) electrons. The Morgan fingerprint density at radius 3 is 2.94 bits per heavy atom. The molecule has 2 rings (SSSR count). The van der Waals surface area contributed by atoms with Crippen LogP contribution in [0.3, 0.4) is 0 Å². The standard InChI is InChI=1S/C12H13FN2O/c1-9-14-12(8-15(9)5-6-16)10-3-2-4-11(13)7-10/h2-4,7-8,16H,5-6H2,1H3. The van der Waals surface area contributed by atoms with Crippen LogP contribution in [-0.2, 0) is 6.54 Å². The van der Waals surface area contributed by atoms with E-state index in [1.807, 2.05) is 23.8 Å². The van der Waals surface area contributed by atoms with Crippen LogP contribution in [0.4, 0.5) is 4.39 Å². The van der Waals surface area contributed by atoms with Gasteiger partial charge in [-0.25, -0.2) is 9.37 Å². The molecule has 0 aliphatic carbocycles. The van der Waals surface area contributed by atoms with Crippen LogP contribution in [0.1, 0.15) is 5.82 Å². The van der Waals surface area contributed by atoms with Gasteiger partial charge in [-0.2, -0.15) is 0 Å². The maximum absolute atomic E-state index is 13.0. The topological polar surface area (TPSA) is 38.0 Å². The van der Waals surface area contributed by atoms with E-state index in [0.717, 1.165) is 17.1 Å². The summed E-state index contributed by atoms with van der Waals surface area (Å²) in [7, 11) is 0. The summed E-state index contributed by atoms with van der Waals surface area (Å²) in [6, 6.07) is 6.32. The van der Waals surface area contributed by atoms with E-state index in [0.29, 0.717) is 6.54 Å². The number of aliphatic hydroxyl groups is 1. The molecule has 0 fully saturated rings. The van der Waals surface area contributed by atoms with Gasteiger partial charge in [-0.1, -0.05) is 12.1 Å². The molecule has 1 aromatic carbocycles. The second-order valence-electron chi connectivity index (χ2n) is 3.60. The molecular formula is C12H13FN2O. The number of hydrogen-bond acceptors (Lipinski definition) is 2. The predicted octanol–water partition coefficient (Wildman–Crippen LogP) is 1.99. The average Bonchev–Trinajstić information content (AvgIpc) is 2.61. The fourth-order valence-electron chi connectivity index (χ4n) is 1.63. The van der Waals surface area contributed by atoms with E-state index < -0.39 is 0 Å². The van der Waals surface area contributed by atoms with Crippen LogP contribution in [0.5, 0.6) is 0 Å².